The summed E-state index contributed by atoms with van der Waals surface area (Å²) in [4.78, 5) is 12.0. The molecule has 1 aromatic carbocycles. The Kier molecular flexibility index (Phi) is 5.59. The molecule has 1 aromatic heterocycles. The van der Waals surface area contributed by atoms with E-state index in [9.17, 15) is 0 Å². The Hall–Kier alpha value is -2.21. The second kappa shape index (κ2) is 8.45. The molecule has 0 spiro atoms. The van der Waals surface area contributed by atoms with Crippen LogP contribution in [0.2, 0.25) is 0 Å². The zero-order valence-electron chi connectivity index (χ0n) is 15.4. The van der Waals surface area contributed by atoms with Crippen LogP contribution in [0.3, 0.4) is 0 Å². The van der Waals surface area contributed by atoms with Gasteiger partial charge in [0.25, 0.3) is 0 Å². The maximum absolute atomic E-state index is 4.83. The fourth-order valence-corrected chi connectivity index (χ4v) is 3.82. The van der Waals surface area contributed by atoms with Gasteiger partial charge in [-0.1, -0.05) is 43.2 Å². The van der Waals surface area contributed by atoms with Crippen LogP contribution in [-0.2, 0) is 6.54 Å². The van der Waals surface area contributed by atoms with Crippen LogP contribution >= 0.6 is 0 Å². The number of rotatable bonds is 4. The smallest absolute Gasteiger partial charge is 0.247 e. The predicted octanol–water partition coefficient (Wildman–Crippen LogP) is 2.57. The second-order valence-electron chi connectivity index (χ2n) is 7.26. The number of nitrogens with zero attached hydrogens (tertiary/aromatic N) is 6. The summed E-state index contributed by atoms with van der Waals surface area (Å²) in [7, 11) is 0. The Balaban J connectivity index is 1.36. The molecule has 0 radical (unpaired) electrons. The van der Waals surface area contributed by atoms with E-state index in [1.54, 1.807) is 0 Å². The van der Waals surface area contributed by atoms with Crippen molar-refractivity contribution in [3.63, 3.8) is 0 Å². The highest BCUT2D eigenvalue weighted by molar-refractivity contribution is 5.42. The van der Waals surface area contributed by atoms with Crippen LogP contribution in [0.25, 0.3) is 0 Å². The average Bonchev–Trinajstić information content (AvgIpc) is 2.99. The average molecular weight is 352 g/mol. The van der Waals surface area contributed by atoms with Gasteiger partial charge in [0.05, 0.1) is 6.20 Å². The molecule has 0 saturated carbocycles. The van der Waals surface area contributed by atoms with E-state index in [4.69, 9.17) is 4.98 Å². The highest BCUT2D eigenvalue weighted by Crippen LogP contribution is 2.19. The van der Waals surface area contributed by atoms with Gasteiger partial charge in [-0.2, -0.15) is 10.1 Å². The fraction of sp³-hybridized carbons (Fsp3) is 0.550. The van der Waals surface area contributed by atoms with Crippen molar-refractivity contribution >= 4 is 11.8 Å². The Labute approximate surface area is 155 Å². The number of hydrogen-bond acceptors (Lipinski definition) is 6. The molecule has 2 fully saturated rings. The second-order valence-corrected chi connectivity index (χ2v) is 7.26. The van der Waals surface area contributed by atoms with Crippen molar-refractivity contribution in [1.82, 2.24) is 20.1 Å². The summed E-state index contributed by atoms with van der Waals surface area (Å²) in [6.45, 7) is 7.22. The van der Waals surface area contributed by atoms with E-state index in [1.165, 1.54) is 31.2 Å². The van der Waals surface area contributed by atoms with Crippen LogP contribution in [0.1, 0.15) is 31.2 Å². The van der Waals surface area contributed by atoms with E-state index in [0.717, 1.165) is 57.6 Å². The van der Waals surface area contributed by atoms with Gasteiger partial charge in [0, 0.05) is 45.8 Å². The molecule has 6 nitrogen and oxygen atoms in total. The number of aromatic nitrogens is 3. The van der Waals surface area contributed by atoms with Crippen LogP contribution in [0, 0.1) is 0 Å². The van der Waals surface area contributed by atoms with Gasteiger partial charge < -0.3 is 9.80 Å². The molecule has 2 saturated heterocycles. The monoisotopic (exact) mass is 352 g/mol. The van der Waals surface area contributed by atoms with Gasteiger partial charge in [0.1, 0.15) is 0 Å². The summed E-state index contributed by atoms with van der Waals surface area (Å²) in [5.41, 5.74) is 1.38. The van der Waals surface area contributed by atoms with E-state index in [-0.39, 0.29) is 0 Å². The molecule has 2 aromatic rings. The zero-order chi connectivity index (χ0) is 17.6. The maximum atomic E-state index is 4.83. The number of anilines is 2. The molecule has 0 unspecified atom stereocenters. The Morgan fingerprint density at radius 2 is 1.50 bits per heavy atom. The standard InChI is InChI=1S/C20H28N6/c1-2-7-11-26(10-6-1)20-22-19(16-21-23-20)25-14-12-24(13-15-25)17-18-8-4-3-5-9-18/h3-5,8-9,16H,1-2,6-7,10-15,17H2. The van der Waals surface area contributed by atoms with Crippen molar-refractivity contribution in [2.24, 2.45) is 0 Å². The lowest BCUT2D eigenvalue weighted by Crippen LogP contribution is -2.46. The van der Waals surface area contributed by atoms with Crippen LogP contribution in [0.15, 0.2) is 36.5 Å². The van der Waals surface area contributed by atoms with E-state index < -0.39 is 0 Å². The summed E-state index contributed by atoms with van der Waals surface area (Å²) in [5, 5.41) is 8.54. The van der Waals surface area contributed by atoms with Crippen LogP contribution < -0.4 is 9.80 Å². The molecule has 2 aliphatic heterocycles. The van der Waals surface area contributed by atoms with Gasteiger partial charge in [0.15, 0.2) is 5.82 Å². The van der Waals surface area contributed by atoms with Gasteiger partial charge in [-0.05, 0) is 18.4 Å². The first-order valence-corrected chi connectivity index (χ1v) is 9.84. The topological polar surface area (TPSA) is 48.4 Å². The predicted molar refractivity (Wildman–Crippen MR) is 104 cm³/mol. The molecule has 3 heterocycles. The number of piperazine rings is 1. The van der Waals surface area contributed by atoms with Crippen molar-refractivity contribution in [3.8, 4) is 0 Å². The Morgan fingerprint density at radius 1 is 0.769 bits per heavy atom. The molecule has 0 bridgehead atoms. The van der Waals surface area contributed by atoms with Crippen molar-refractivity contribution in [3.05, 3.63) is 42.1 Å². The third-order valence-electron chi connectivity index (χ3n) is 5.37. The molecule has 6 heteroatoms. The van der Waals surface area contributed by atoms with Gasteiger partial charge >= 0.3 is 0 Å². The van der Waals surface area contributed by atoms with Gasteiger partial charge in [-0.25, -0.2) is 0 Å². The van der Waals surface area contributed by atoms with Crippen molar-refractivity contribution < 1.29 is 0 Å². The first-order valence-electron chi connectivity index (χ1n) is 9.84. The lowest BCUT2D eigenvalue weighted by Gasteiger charge is -2.35. The van der Waals surface area contributed by atoms with Crippen molar-refractivity contribution in [1.29, 1.82) is 0 Å². The lowest BCUT2D eigenvalue weighted by atomic mass is 10.2. The minimum absolute atomic E-state index is 0.802. The van der Waals surface area contributed by atoms with Crippen LogP contribution in [-0.4, -0.2) is 59.3 Å². The van der Waals surface area contributed by atoms with Gasteiger partial charge in [-0.15, -0.1) is 5.10 Å². The van der Waals surface area contributed by atoms with Crippen LogP contribution in [0.4, 0.5) is 11.8 Å². The third kappa shape index (κ3) is 4.30. The first-order chi connectivity index (χ1) is 12.9. The minimum atomic E-state index is 0.802. The molecule has 26 heavy (non-hydrogen) atoms. The number of benzene rings is 1. The highest BCUT2D eigenvalue weighted by atomic mass is 15.4. The molecular weight excluding hydrogens is 324 g/mol. The van der Waals surface area contributed by atoms with E-state index in [2.05, 4.69) is 55.2 Å². The fourth-order valence-electron chi connectivity index (χ4n) is 3.82. The van der Waals surface area contributed by atoms with Gasteiger partial charge in [-0.3, -0.25) is 4.90 Å². The summed E-state index contributed by atoms with van der Waals surface area (Å²) >= 11 is 0. The Bertz CT molecular complexity index is 676. The highest BCUT2D eigenvalue weighted by Gasteiger charge is 2.20. The summed E-state index contributed by atoms with van der Waals surface area (Å²) in [5.74, 6) is 1.77. The number of hydrogen-bond donors (Lipinski definition) is 0. The van der Waals surface area contributed by atoms with E-state index >= 15 is 0 Å². The van der Waals surface area contributed by atoms with Gasteiger partial charge in [0.2, 0.25) is 5.95 Å². The lowest BCUT2D eigenvalue weighted by molar-refractivity contribution is 0.249. The molecular formula is C20H28N6. The molecule has 0 amide bonds. The summed E-state index contributed by atoms with van der Waals surface area (Å²) < 4.78 is 0. The molecule has 0 atom stereocenters. The maximum Gasteiger partial charge on any atom is 0.247 e. The van der Waals surface area contributed by atoms with Crippen molar-refractivity contribution in [2.75, 3.05) is 49.1 Å². The largest absolute Gasteiger partial charge is 0.353 e. The molecule has 2 aliphatic rings. The summed E-state index contributed by atoms with van der Waals surface area (Å²) in [6, 6.07) is 10.7. The first kappa shape index (κ1) is 17.2. The molecule has 0 aliphatic carbocycles. The quantitative estimate of drug-likeness (QED) is 0.843. The van der Waals surface area contributed by atoms with E-state index in [0.29, 0.717) is 0 Å². The zero-order valence-corrected chi connectivity index (χ0v) is 15.4. The van der Waals surface area contributed by atoms with Crippen LogP contribution in [0.5, 0.6) is 0 Å². The SMILES string of the molecule is c1ccc(CN2CCN(c3cnnc(N4CCCCCC4)n3)CC2)cc1. The normalized spacial score (nSPS) is 19.4. The molecule has 4 rings (SSSR count). The molecule has 0 N–H and O–H groups in total. The third-order valence-corrected chi connectivity index (χ3v) is 5.37. The summed E-state index contributed by atoms with van der Waals surface area (Å²) in [6.07, 6.45) is 6.89. The molecule has 138 valence electrons. The minimum Gasteiger partial charge on any atom is -0.353 e. The Morgan fingerprint density at radius 3 is 2.23 bits per heavy atom. The van der Waals surface area contributed by atoms with Crippen molar-refractivity contribution in [2.45, 2.75) is 32.2 Å². The van der Waals surface area contributed by atoms with E-state index in [1.807, 2.05) is 6.20 Å².